The van der Waals surface area contributed by atoms with Crippen LogP contribution in [-0.4, -0.2) is 4.98 Å². The van der Waals surface area contributed by atoms with E-state index in [0.29, 0.717) is 37.3 Å². The van der Waals surface area contributed by atoms with Crippen molar-refractivity contribution >= 4 is 63.6 Å². The highest BCUT2D eigenvalue weighted by molar-refractivity contribution is 6.44. The molecule has 0 aliphatic rings. The van der Waals surface area contributed by atoms with Crippen LogP contribution in [0.3, 0.4) is 0 Å². The summed E-state index contributed by atoms with van der Waals surface area (Å²) < 4.78 is 0. The smallest absolute Gasteiger partial charge is 0.149 e. The number of pyridine rings is 1. The van der Waals surface area contributed by atoms with Gasteiger partial charge >= 0.3 is 0 Å². The lowest BCUT2D eigenvalue weighted by molar-refractivity contribution is 1.31. The molecule has 0 unspecified atom stereocenters. The highest BCUT2D eigenvalue weighted by atomic mass is 35.5. The van der Waals surface area contributed by atoms with Crippen LogP contribution in [0.4, 0.5) is 17.2 Å². The van der Waals surface area contributed by atoms with Crippen LogP contribution in [0.25, 0.3) is 0 Å². The molecule has 2 aromatic rings. The van der Waals surface area contributed by atoms with Gasteiger partial charge in [0.1, 0.15) is 5.82 Å². The second-order valence-corrected chi connectivity index (χ2v) is 5.10. The Morgan fingerprint density at radius 1 is 0.889 bits per heavy atom. The molecule has 0 saturated carbocycles. The van der Waals surface area contributed by atoms with Crippen molar-refractivity contribution in [1.82, 2.24) is 4.98 Å². The number of aromatic nitrogens is 1. The van der Waals surface area contributed by atoms with E-state index >= 15 is 0 Å². The van der Waals surface area contributed by atoms with Crippen molar-refractivity contribution < 1.29 is 0 Å². The van der Waals surface area contributed by atoms with Crippen LogP contribution in [-0.2, 0) is 0 Å². The van der Waals surface area contributed by atoms with E-state index in [9.17, 15) is 0 Å². The maximum atomic E-state index is 6.03. The van der Waals surface area contributed by atoms with Crippen LogP contribution >= 0.6 is 46.4 Å². The molecule has 0 atom stereocenters. The molecule has 0 saturated heterocycles. The largest absolute Gasteiger partial charge is 0.397 e. The highest BCUT2D eigenvalue weighted by Crippen LogP contribution is 2.35. The van der Waals surface area contributed by atoms with Crippen molar-refractivity contribution in [1.29, 1.82) is 0 Å². The van der Waals surface area contributed by atoms with Crippen LogP contribution in [0.15, 0.2) is 24.4 Å². The van der Waals surface area contributed by atoms with Crippen LogP contribution in [0.5, 0.6) is 0 Å². The maximum absolute atomic E-state index is 6.03. The average Bonchev–Trinajstić information content (AvgIpc) is 2.29. The molecule has 0 aliphatic carbocycles. The van der Waals surface area contributed by atoms with Gasteiger partial charge in [-0.2, -0.15) is 0 Å². The zero-order valence-electron chi connectivity index (χ0n) is 8.85. The minimum absolute atomic E-state index is 0.378. The summed E-state index contributed by atoms with van der Waals surface area (Å²) in [4.78, 5) is 4.06. The lowest BCUT2D eigenvalue weighted by Crippen LogP contribution is -1.97. The van der Waals surface area contributed by atoms with Crippen molar-refractivity contribution in [2.24, 2.45) is 0 Å². The minimum atomic E-state index is 0.378. The zero-order valence-corrected chi connectivity index (χ0v) is 11.9. The third-order valence-corrected chi connectivity index (χ3v) is 3.45. The number of nitrogens with zero attached hydrogens (tertiary/aromatic N) is 1. The van der Waals surface area contributed by atoms with E-state index < -0.39 is 0 Å². The van der Waals surface area contributed by atoms with Gasteiger partial charge in [0.25, 0.3) is 0 Å². The Labute approximate surface area is 124 Å². The Morgan fingerprint density at radius 3 is 2.22 bits per heavy atom. The molecule has 3 N–H and O–H groups in total. The SMILES string of the molecule is Nc1cnc(Nc2cc(Cl)c(Cl)cc2Cl)c(Cl)c1. The molecule has 0 fully saturated rings. The zero-order chi connectivity index (χ0) is 13.3. The van der Waals surface area contributed by atoms with E-state index in [2.05, 4.69) is 10.3 Å². The molecule has 0 spiro atoms. The third kappa shape index (κ3) is 2.93. The Kier molecular flexibility index (Phi) is 4.07. The number of nitrogen functional groups attached to an aromatic ring is 1. The van der Waals surface area contributed by atoms with Gasteiger partial charge in [0.2, 0.25) is 0 Å². The summed E-state index contributed by atoms with van der Waals surface area (Å²) in [6.45, 7) is 0. The van der Waals surface area contributed by atoms with E-state index in [1.54, 1.807) is 18.2 Å². The summed E-state index contributed by atoms with van der Waals surface area (Å²) in [5.74, 6) is 0.436. The van der Waals surface area contributed by atoms with Gasteiger partial charge < -0.3 is 11.1 Å². The number of benzene rings is 1. The molecule has 18 heavy (non-hydrogen) atoms. The predicted octanol–water partition coefficient (Wildman–Crippen LogP) is 5.02. The van der Waals surface area contributed by atoms with Gasteiger partial charge in [-0.25, -0.2) is 4.98 Å². The molecule has 1 aromatic carbocycles. The molecular formula is C11H7Cl4N3. The van der Waals surface area contributed by atoms with Gasteiger partial charge in [-0.3, -0.25) is 0 Å². The number of nitrogens with one attached hydrogen (secondary N) is 1. The van der Waals surface area contributed by atoms with Crippen LogP contribution in [0, 0.1) is 0 Å². The molecule has 7 heteroatoms. The lowest BCUT2D eigenvalue weighted by atomic mass is 10.3. The first-order chi connectivity index (χ1) is 8.47. The van der Waals surface area contributed by atoms with Crippen molar-refractivity contribution in [3.8, 4) is 0 Å². The van der Waals surface area contributed by atoms with Gasteiger partial charge in [0.05, 0.1) is 37.7 Å². The molecule has 1 heterocycles. The second kappa shape index (κ2) is 5.41. The quantitative estimate of drug-likeness (QED) is 0.763. The molecule has 0 aliphatic heterocycles. The van der Waals surface area contributed by atoms with E-state index in [-0.39, 0.29) is 0 Å². The summed E-state index contributed by atoms with van der Waals surface area (Å²) >= 11 is 23.8. The van der Waals surface area contributed by atoms with Crippen LogP contribution < -0.4 is 11.1 Å². The van der Waals surface area contributed by atoms with E-state index in [1.807, 2.05) is 0 Å². The molecule has 94 valence electrons. The Morgan fingerprint density at radius 2 is 1.56 bits per heavy atom. The summed E-state index contributed by atoms with van der Waals surface area (Å²) in [5, 5.41) is 4.53. The topological polar surface area (TPSA) is 50.9 Å². The fourth-order valence-electron chi connectivity index (χ4n) is 1.29. The lowest BCUT2D eigenvalue weighted by Gasteiger charge is -2.10. The number of anilines is 3. The van der Waals surface area contributed by atoms with Crippen molar-refractivity contribution in [2.75, 3.05) is 11.1 Å². The molecular weight excluding hydrogens is 316 g/mol. The molecule has 3 nitrogen and oxygen atoms in total. The maximum Gasteiger partial charge on any atom is 0.149 e. The standard InChI is InChI=1S/C11H7Cl4N3/c12-6-2-8(14)10(3-7(6)13)18-11-9(15)1-5(16)4-17-11/h1-4H,16H2,(H,17,18). The first-order valence-corrected chi connectivity index (χ1v) is 6.31. The van der Waals surface area contributed by atoms with Gasteiger partial charge in [0, 0.05) is 0 Å². The predicted molar refractivity (Wildman–Crippen MR) is 78.4 cm³/mol. The monoisotopic (exact) mass is 321 g/mol. The number of hydrogen-bond acceptors (Lipinski definition) is 3. The van der Waals surface area contributed by atoms with Crippen LogP contribution in [0.2, 0.25) is 20.1 Å². The molecule has 0 bridgehead atoms. The van der Waals surface area contributed by atoms with Crippen molar-refractivity contribution in [2.45, 2.75) is 0 Å². The van der Waals surface area contributed by atoms with E-state index in [1.165, 1.54) is 6.20 Å². The molecule has 0 radical (unpaired) electrons. The molecule has 2 rings (SSSR count). The number of rotatable bonds is 2. The number of halogens is 4. The first kappa shape index (κ1) is 13.6. The minimum Gasteiger partial charge on any atom is -0.397 e. The van der Waals surface area contributed by atoms with E-state index in [0.717, 1.165) is 0 Å². The second-order valence-electron chi connectivity index (χ2n) is 3.47. The summed E-state index contributed by atoms with van der Waals surface area (Å²) in [7, 11) is 0. The molecule has 0 amide bonds. The third-order valence-electron chi connectivity index (χ3n) is 2.13. The van der Waals surface area contributed by atoms with Gasteiger partial charge in [0.15, 0.2) is 0 Å². The molecule has 1 aromatic heterocycles. The Hall–Kier alpha value is -0.870. The van der Waals surface area contributed by atoms with Crippen LogP contribution in [0.1, 0.15) is 0 Å². The first-order valence-electron chi connectivity index (χ1n) is 4.80. The van der Waals surface area contributed by atoms with Gasteiger partial charge in [-0.05, 0) is 18.2 Å². The van der Waals surface area contributed by atoms with Crippen molar-refractivity contribution in [3.05, 3.63) is 44.5 Å². The fourth-order valence-corrected chi connectivity index (χ4v) is 2.11. The van der Waals surface area contributed by atoms with Gasteiger partial charge in [-0.15, -0.1) is 0 Å². The van der Waals surface area contributed by atoms with Gasteiger partial charge in [-0.1, -0.05) is 46.4 Å². The summed E-state index contributed by atoms with van der Waals surface area (Å²) in [6.07, 6.45) is 1.49. The highest BCUT2D eigenvalue weighted by Gasteiger charge is 2.09. The Balaban J connectivity index is 2.37. The fraction of sp³-hybridized carbons (Fsp3) is 0. The van der Waals surface area contributed by atoms with Crippen molar-refractivity contribution in [3.63, 3.8) is 0 Å². The average molecular weight is 323 g/mol. The number of hydrogen-bond donors (Lipinski definition) is 2. The number of nitrogens with two attached hydrogens (primary N) is 1. The van der Waals surface area contributed by atoms with E-state index in [4.69, 9.17) is 52.1 Å². The summed E-state index contributed by atoms with van der Waals surface area (Å²) in [5.41, 5.74) is 6.59. The normalized spacial score (nSPS) is 10.4. The Bertz CT molecular complexity index is 601. The summed E-state index contributed by atoms with van der Waals surface area (Å²) in [6, 6.07) is 4.72.